The summed E-state index contributed by atoms with van der Waals surface area (Å²) >= 11 is 0. The van der Waals surface area contributed by atoms with Crippen LogP contribution in [0, 0.1) is 10.1 Å². The second-order valence-electron chi connectivity index (χ2n) is 7.44. The predicted molar refractivity (Wildman–Crippen MR) is 123 cm³/mol. The highest BCUT2D eigenvalue weighted by molar-refractivity contribution is 6.34. The fourth-order valence-electron chi connectivity index (χ4n) is 3.55. The van der Waals surface area contributed by atoms with Gasteiger partial charge in [-0.1, -0.05) is 12.1 Å². The van der Waals surface area contributed by atoms with Gasteiger partial charge >= 0.3 is 5.97 Å². The summed E-state index contributed by atoms with van der Waals surface area (Å²) in [4.78, 5) is 61.8. The molecule has 0 saturated heterocycles. The third-order valence-corrected chi connectivity index (χ3v) is 5.24. The summed E-state index contributed by atoms with van der Waals surface area (Å²) in [6, 6.07) is 15.4. The van der Waals surface area contributed by atoms with E-state index in [1.54, 1.807) is 24.3 Å². The van der Waals surface area contributed by atoms with E-state index in [4.69, 9.17) is 9.47 Å². The maximum atomic E-state index is 12.9. The summed E-state index contributed by atoms with van der Waals surface area (Å²) in [7, 11) is 0. The number of rotatable bonds is 8. The molecule has 0 spiro atoms. The van der Waals surface area contributed by atoms with Crippen LogP contribution in [0.2, 0.25) is 0 Å². The van der Waals surface area contributed by atoms with E-state index in [1.165, 1.54) is 36.4 Å². The van der Waals surface area contributed by atoms with Crippen LogP contribution in [0.15, 0.2) is 66.7 Å². The van der Waals surface area contributed by atoms with Gasteiger partial charge in [-0.05, 0) is 49.4 Å². The van der Waals surface area contributed by atoms with Crippen molar-refractivity contribution in [3.05, 3.63) is 99.1 Å². The molecule has 0 atom stereocenters. The maximum absolute atomic E-state index is 12.9. The van der Waals surface area contributed by atoms with Crippen molar-refractivity contribution in [3.8, 4) is 5.75 Å². The first-order valence-corrected chi connectivity index (χ1v) is 10.5. The third-order valence-electron chi connectivity index (χ3n) is 5.24. The number of esters is 1. The Bertz CT molecular complexity index is 1360. The molecule has 0 bridgehead atoms. The van der Waals surface area contributed by atoms with Crippen molar-refractivity contribution in [2.45, 2.75) is 6.92 Å². The topological polar surface area (TPSA) is 133 Å². The van der Waals surface area contributed by atoms with E-state index >= 15 is 0 Å². The molecule has 0 saturated carbocycles. The van der Waals surface area contributed by atoms with Gasteiger partial charge in [-0.2, -0.15) is 0 Å². The standard InChI is InChI=1S/C25H18N2O8/c1-2-34-19-9-7-17(8-10-19)26-23(29)20-11-6-16(13-21(20)24(26)30)25(31)35-14-22(28)15-4-3-5-18(12-15)27(32)33/h3-13H,2,14H2,1H3. The first-order chi connectivity index (χ1) is 16.8. The minimum absolute atomic E-state index is 0.0210. The van der Waals surface area contributed by atoms with Crippen molar-refractivity contribution in [1.29, 1.82) is 0 Å². The van der Waals surface area contributed by atoms with Crippen LogP contribution in [0.1, 0.15) is 48.4 Å². The minimum Gasteiger partial charge on any atom is -0.494 e. The van der Waals surface area contributed by atoms with Gasteiger partial charge in [0.2, 0.25) is 5.78 Å². The number of hydrogen-bond donors (Lipinski definition) is 0. The number of fused-ring (bicyclic) bond motifs is 1. The number of non-ortho nitro benzene ring substituents is 1. The molecule has 35 heavy (non-hydrogen) atoms. The van der Waals surface area contributed by atoms with Crippen molar-refractivity contribution >= 4 is 34.9 Å². The van der Waals surface area contributed by atoms with E-state index in [2.05, 4.69) is 0 Å². The number of carbonyl (C=O) groups is 4. The summed E-state index contributed by atoms with van der Waals surface area (Å²) in [6.45, 7) is 1.66. The molecule has 1 heterocycles. The highest BCUT2D eigenvalue weighted by Crippen LogP contribution is 2.30. The zero-order valence-electron chi connectivity index (χ0n) is 18.4. The number of nitrogens with zero attached hydrogens (tertiary/aromatic N) is 2. The van der Waals surface area contributed by atoms with Crippen molar-refractivity contribution in [2.75, 3.05) is 18.1 Å². The molecule has 10 heteroatoms. The molecule has 0 aliphatic carbocycles. The van der Waals surface area contributed by atoms with Crippen LogP contribution >= 0.6 is 0 Å². The first kappa shape index (κ1) is 23.3. The second kappa shape index (κ2) is 9.56. The highest BCUT2D eigenvalue weighted by Gasteiger charge is 2.37. The molecule has 4 rings (SSSR count). The van der Waals surface area contributed by atoms with Crippen molar-refractivity contribution in [3.63, 3.8) is 0 Å². The number of hydrogen-bond acceptors (Lipinski definition) is 8. The van der Waals surface area contributed by atoms with Crippen molar-refractivity contribution in [1.82, 2.24) is 0 Å². The van der Waals surface area contributed by atoms with Crippen LogP contribution in [0.4, 0.5) is 11.4 Å². The lowest BCUT2D eigenvalue weighted by atomic mass is 10.1. The Balaban J connectivity index is 1.47. The number of carbonyl (C=O) groups excluding carboxylic acids is 4. The van der Waals surface area contributed by atoms with E-state index in [0.29, 0.717) is 18.0 Å². The molecule has 0 aromatic heterocycles. The number of benzene rings is 3. The lowest BCUT2D eigenvalue weighted by Gasteiger charge is -2.14. The van der Waals surface area contributed by atoms with E-state index in [9.17, 15) is 29.3 Å². The Kier molecular flexibility index (Phi) is 6.36. The normalized spacial score (nSPS) is 12.3. The minimum atomic E-state index is -0.883. The van der Waals surface area contributed by atoms with E-state index in [-0.39, 0.29) is 27.9 Å². The van der Waals surface area contributed by atoms with Crippen LogP contribution in [0.3, 0.4) is 0 Å². The van der Waals surface area contributed by atoms with Crippen LogP contribution in [-0.2, 0) is 4.74 Å². The molecule has 1 aliphatic heterocycles. The van der Waals surface area contributed by atoms with Crippen molar-refractivity contribution < 1.29 is 33.6 Å². The predicted octanol–water partition coefficient (Wildman–Crippen LogP) is 3.83. The monoisotopic (exact) mass is 474 g/mol. The molecule has 176 valence electrons. The molecule has 2 amide bonds. The van der Waals surface area contributed by atoms with Crippen LogP contribution in [0.5, 0.6) is 5.75 Å². The number of anilines is 1. The van der Waals surface area contributed by atoms with Gasteiger partial charge in [-0.15, -0.1) is 0 Å². The van der Waals surface area contributed by atoms with Gasteiger partial charge in [0, 0.05) is 17.7 Å². The van der Waals surface area contributed by atoms with Crippen LogP contribution in [-0.4, -0.2) is 41.7 Å². The highest BCUT2D eigenvalue weighted by atomic mass is 16.6. The SMILES string of the molecule is CCOc1ccc(N2C(=O)c3ccc(C(=O)OCC(=O)c4cccc([N+](=O)[O-])c4)cc3C2=O)cc1. The van der Waals surface area contributed by atoms with E-state index in [0.717, 1.165) is 11.0 Å². The van der Waals surface area contributed by atoms with Crippen LogP contribution in [0.25, 0.3) is 0 Å². The Labute approximate surface area is 198 Å². The third kappa shape index (κ3) is 4.62. The molecular weight excluding hydrogens is 456 g/mol. The number of amides is 2. The Morgan fingerprint density at radius 3 is 2.31 bits per heavy atom. The summed E-state index contributed by atoms with van der Waals surface area (Å²) in [5.74, 6) is -2.05. The molecule has 0 N–H and O–H groups in total. The largest absolute Gasteiger partial charge is 0.494 e. The summed E-state index contributed by atoms with van der Waals surface area (Å²) < 4.78 is 10.4. The number of imide groups is 1. The lowest BCUT2D eigenvalue weighted by molar-refractivity contribution is -0.384. The average Bonchev–Trinajstić information content (AvgIpc) is 3.12. The summed E-state index contributed by atoms with van der Waals surface area (Å²) in [5, 5.41) is 10.9. The number of Topliss-reactive ketones (excluding diaryl/α,β-unsaturated/α-hetero) is 1. The maximum Gasteiger partial charge on any atom is 0.338 e. The Hall–Kier alpha value is -4.86. The zero-order valence-corrected chi connectivity index (χ0v) is 18.4. The molecule has 3 aromatic rings. The van der Waals surface area contributed by atoms with Gasteiger partial charge in [-0.3, -0.25) is 24.5 Å². The number of nitro benzene ring substituents is 1. The van der Waals surface area contributed by atoms with Gasteiger partial charge < -0.3 is 9.47 Å². The zero-order chi connectivity index (χ0) is 25.1. The van der Waals surface area contributed by atoms with E-state index < -0.39 is 35.1 Å². The second-order valence-corrected chi connectivity index (χ2v) is 7.44. The van der Waals surface area contributed by atoms with Gasteiger partial charge in [0.05, 0.1) is 33.9 Å². The first-order valence-electron chi connectivity index (χ1n) is 10.5. The Morgan fingerprint density at radius 2 is 1.63 bits per heavy atom. The lowest BCUT2D eigenvalue weighted by Crippen LogP contribution is -2.29. The smallest absolute Gasteiger partial charge is 0.338 e. The number of nitro groups is 1. The van der Waals surface area contributed by atoms with E-state index in [1.807, 2.05) is 6.92 Å². The average molecular weight is 474 g/mol. The Morgan fingerprint density at radius 1 is 0.914 bits per heavy atom. The fraction of sp³-hybridized carbons (Fsp3) is 0.120. The quantitative estimate of drug-likeness (QED) is 0.158. The number of ketones is 1. The molecular formula is C25H18N2O8. The molecule has 10 nitrogen and oxygen atoms in total. The van der Waals surface area contributed by atoms with Gasteiger partial charge in [-0.25, -0.2) is 9.69 Å². The summed E-state index contributed by atoms with van der Waals surface area (Å²) in [6.07, 6.45) is 0. The van der Waals surface area contributed by atoms with Crippen molar-refractivity contribution in [2.24, 2.45) is 0 Å². The molecule has 0 unspecified atom stereocenters. The van der Waals surface area contributed by atoms with Gasteiger partial charge in [0.25, 0.3) is 17.5 Å². The number of ether oxygens (including phenoxy) is 2. The fourth-order valence-corrected chi connectivity index (χ4v) is 3.55. The van der Waals surface area contributed by atoms with Crippen LogP contribution < -0.4 is 9.64 Å². The molecule has 0 fully saturated rings. The molecule has 1 aliphatic rings. The molecule has 0 radical (unpaired) electrons. The summed E-state index contributed by atoms with van der Waals surface area (Å²) in [5.41, 5.74) is 0.252. The molecule has 3 aromatic carbocycles. The van der Waals surface area contributed by atoms with Gasteiger partial charge in [0.1, 0.15) is 5.75 Å². The van der Waals surface area contributed by atoms with Gasteiger partial charge in [0.15, 0.2) is 6.61 Å².